The molecule has 41 heavy (non-hydrogen) atoms. The number of non-ortho nitro benzene ring substituents is 1. The van der Waals surface area contributed by atoms with Crippen molar-refractivity contribution < 1.29 is 32.8 Å². The number of aromatic hydroxyl groups is 1. The van der Waals surface area contributed by atoms with Gasteiger partial charge in [0.15, 0.2) is 11.4 Å². The molecule has 5 rings (SSSR count). The maximum atomic E-state index is 12.9. The number of ketones is 1. The summed E-state index contributed by atoms with van der Waals surface area (Å²) in [7, 11) is 0. The quantitative estimate of drug-likeness (QED) is 0.158. The first-order valence-corrected chi connectivity index (χ1v) is 11.9. The molecule has 5 aromatic rings. The second-order valence-electron chi connectivity index (χ2n) is 8.92. The van der Waals surface area contributed by atoms with Crippen LogP contribution in [0.2, 0.25) is 0 Å². The number of benzene rings is 3. The predicted octanol–water partition coefficient (Wildman–Crippen LogP) is 5.19. The molecule has 3 aromatic carbocycles. The molecule has 0 spiro atoms. The Hall–Kier alpha value is -5.59. The number of carbonyl (C=O) groups excluding carboxylic acids is 2. The summed E-state index contributed by atoms with van der Waals surface area (Å²) in [6, 6.07) is 15.8. The number of phenolic OH excluding ortho intramolecular Hbond substituents is 1. The lowest BCUT2D eigenvalue weighted by Gasteiger charge is -2.10. The number of nitro groups is 1. The highest BCUT2D eigenvalue weighted by molar-refractivity contribution is 6.10. The Kier molecular flexibility index (Phi) is 6.93. The second-order valence-corrected chi connectivity index (χ2v) is 8.92. The zero-order valence-electron chi connectivity index (χ0n) is 20.8. The Morgan fingerprint density at radius 1 is 1.00 bits per heavy atom. The maximum Gasteiger partial charge on any atom is 0.416 e. The summed E-state index contributed by atoms with van der Waals surface area (Å²) >= 11 is 0. The molecule has 0 aliphatic heterocycles. The van der Waals surface area contributed by atoms with Crippen LogP contribution in [0.25, 0.3) is 16.9 Å². The van der Waals surface area contributed by atoms with E-state index in [1.54, 1.807) is 18.2 Å². The standard InChI is InChI=1S/C28H18F3N5O5/c29-28(30,31)20-3-1-2-16(10-20)13-33-27(39)18-6-4-17(5-7-18)23-12-25-32-14-19(15-35(25)34-23)26(38)22-11-21(36(40)41)8-9-24(22)37/h1-12,14-15,37H,13H2,(H,33,39). The van der Waals surface area contributed by atoms with Gasteiger partial charge in [0.25, 0.3) is 11.6 Å². The lowest BCUT2D eigenvalue weighted by molar-refractivity contribution is -0.384. The Balaban J connectivity index is 1.31. The molecule has 2 heterocycles. The number of nitro benzene ring substituents is 1. The van der Waals surface area contributed by atoms with Crippen molar-refractivity contribution in [2.45, 2.75) is 12.7 Å². The molecule has 10 nitrogen and oxygen atoms in total. The highest BCUT2D eigenvalue weighted by Crippen LogP contribution is 2.30. The van der Waals surface area contributed by atoms with Crippen LogP contribution in [0.4, 0.5) is 18.9 Å². The van der Waals surface area contributed by atoms with Crippen molar-refractivity contribution in [1.29, 1.82) is 0 Å². The second kappa shape index (κ2) is 10.5. The van der Waals surface area contributed by atoms with Crippen molar-refractivity contribution in [2.75, 3.05) is 0 Å². The zero-order chi connectivity index (χ0) is 29.3. The number of amides is 1. The molecular weight excluding hydrogens is 543 g/mol. The van der Waals surface area contributed by atoms with Gasteiger partial charge < -0.3 is 10.4 Å². The Bertz CT molecular complexity index is 1820. The minimum atomic E-state index is -4.48. The monoisotopic (exact) mass is 561 g/mol. The minimum absolute atomic E-state index is 0.0377. The van der Waals surface area contributed by atoms with Crippen molar-refractivity contribution in [3.05, 3.63) is 123 Å². The summed E-state index contributed by atoms with van der Waals surface area (Å²) in [5.74, 6) is -1.57. The van der Waals surface area contributed by atoms with Gasteiger partial charge in [0.1, 0.15) is 5.75 Å². The number of nitrogens with zero attached hydrogens (tertiary/aromatic N) is 4. The summed E-state index contributed by atoms with van der Waals surface area (Å²) in [6.07, 6.45) is -1.84. The summed E-state index contributed by atoms with van der Waals surface area (Å²) in [5, 5.41) is 28.1. The number of nitrogens with one attached hydrogen (secondary N) is 1. The number of carbonyl (C=O) groups is 2. The first-order chi connectivity index (χ1) is 19.5. The Labute approximate surface area is 228 Å². The van der Waals surface area contributed by atoms with Gasteiger partial charge in [-0.1, -0.05) is 24.3 Å². The molecule has 0 radical (unpaired) electrons. The van der Waals surface area contributed by atoms with Crippen molar-refractivity contribution in [2.24, 2.45) is 0 Å². The van der Waals surface area contributed by atoms with Crippen molar-refractivity contribution in [3.8, 4) is 17.0 Å². The fraction of sp³-hybridized carbons (Fsp3) is 0.0714. The van der Waals surface area contributed by atoms with E-state index in [0.29, 0.717) is 22.5 Å². The van der Waals surface area contributed by atoms with Crippen LogP contribution in [0.5, 0.6) is 5.75 Å². The van der Waals surface area contributed by atoms with E-state index in [1.807, 2.05) is 0 Å². The molecule has 1 amide bonds. The summed E-state index contributed by atoms with van der Waals surface area (Å²) in [4.78, 5) is 40.0. The fourth-order valence-corrected chi connectivity index (χ4v) is 4.04. The van der Waals surface area contributed by atoms with Crippen molar-refractivity contribution in [1.82, 2.24) is 19.9 Å². The number of rotatable bonds is 7. The van der Waals surface area contributed by atoms with Gasteiger partial charge in [0.2, 0.25) is 0 Å². The van der Waals surface area contributed by atoms with E-state index in [0.717, 1.165) is 30.3 Å². The van der Waals surface area contributed by atoms with Crippen LogP contribution in [0, 0.1) is 10.1 Å². The van der Waals surface area contributed by atoms with Crippen LogP contribution < -0.4 is 5.32 Å². The number of aromatic nitrogens is 3. The SMILES string of the molecule is O=C(NCc1cccc(C(F)(F)F)c1)c1ccc(-c2cc3ncc(C(=O)c4cc([N+](=O)[O-])ccc4O)cn3n2)cc1. The van der Waals surface area contributed by atoms with Crippen LogP contribution in [0.15, 0.2) is 85.2 Å². The number of alkyl halides is 3. The number of hydrogen-bond donors (Lipinski definition) is 2. The molecule has 2 N–H and O–H groups in total. The summed E-state index contributed by atoms with van der Waals surface area (Å²) in [6.45, 7) is -0.0856. The third-order valence-corrected chi connectivity index (χ3v) is 6.16. The molecular formula is C28H18F3N5O5. The smallest absolute Gasteiger partial charge is 0.416 e. The molecule has 13 heteroatoms. The molecule has 0 atom stereocenters. The van der Waals surface area contributed by atoms with E-state index in [9.17, 15) is 38.0 Å². The normalized spacial score (nSPS) is 11.4. The molecule has 206 valence electrons. The number of hydrogen-bond acceptors (Lipinski definition) is 7. The molecule has 0 saturated carbocycles. The van der Waals surface area contributed by atoms with E-state index in [2.05, 4.69) is 15.4 Å². The average molecular weight is 561 g/mol. The highest BCUT2D eigenvalue weighted by atomic mass is 19.4. The first-order valence-electron chi connectivity index (χ1n) is 11.9. The number of phenols is 1. The lowest BCUT2D eigenvalue weighted by Crippen LogP contribution is -2.23. The maximum absolute atomic E-state index is 12.9. The Morgan fingerprint density at radius 2 is 1.76 bits per heavy atom. The van der Waals surface area contributed by atoms with Gasteiger partial charge in [-0.2, -0.15) is 18.3 Å². The minimum Gasteiger partial charge on any atom is -0.507 e. The van der Waals surface area contributed by atoms with E-state index < -0.39 is 34.1 Å². The third-order valence-electron chi connectivity index (χ3n) is 6.16. The average Bonchev–Trinajstić information content (AvgIpc) is 3.39. The van der Waals surface area contributed by atoms with Gasteiger partial charge in [0, 0.05) is 48.3 Å². The van der Waals surface area contributed by atoms with E-state index in [1.165, 1.54) is 41.2 Å². The fourth-order valence-electron chi connectivity index (χ4n) is 4.04. The predicted molar refractivity (Wildman–Crippen MR) is 139 cm³/mol. The molecule has 0 fully saturated rings. The molecule has 0 unspecified atom stereocenters. The largest absolute Gasteiger partial charge is 0.507 e. The van der Waals surface area contributed by atoms with Crippen molar-refractivity contribution >= 4 is 23.0 Å². The van der Waals surface area contributed by atoms with Crippen LogP contribution >= 0.6 is 0 Å². The molecule has 2 aromatic heterocycles. The summed E-state index contributed by atoms with van der Waals surface area (Å²) in [5.41, 5.74) is 0.704. The van der Waals surface area contributed by atoms with Gasteiger partial charge in [-0.05, 0) is 35.9 Å². The van der Waals surface area contributed by atoms with Gasteiger partial charge in [-0.15, -0.1) is 0 Å². The number of fused-ring (bicyclic) bond motifs is 1. The summed E-state index contributed by atoms with van der Waals surface area (Å²) < 4.78 is 40.1. The van der Waals surface area contributed by atoms with Gasteiger partial charge in [-0.25, -0.2) is 9.50 Å². The molecule has 0 bridgehead atoms. The zero-order valence-corrected chi connectivity index (χ0v) is 20.8. The number of halogens is 3. The third kappa shape index (κ3) is 5.73. The van der Waals surface area contributed by atoms with Gasteiger partial charge in [0.05, 0.1) is 27.3 Å². The van der Waals surface area contributed by atoms with Crippen molar-refractivity contribution in [3.63, 3.8) is 0 Å². The lowest BCUT2D eigenvalue weighted by atomic mass is 10.0. The van der Waals surface area contributed by atoms with Crippen LogP contribution in [0.3, 0.4) is 0 Å². The van der Waals surface area contributed by atoms with E-state index in [-0.39, 0.29) is 28.9 Å². The van der Waals surface area contributed by atoms with Crippen LogP contribution in [-0.4, -0.2) is 36.3 Å². The Morgan fingerprint density at radius 3 is 2.46 bits per heavy atom. The first kappa shape index (κ1) is 27.0. The molecule has 0 aliphatic rings. The van der Waals surface area contributed by atoms with Gasteiger partial charge >= 0.3 is 6.18 Å². The van der Waals surface area contributed by atoms with Gasteiger partial charge in [-0.3, -0.25) is 19.7 Å². The van der Waals surface area contributed by atoms with E-state index >= 15 is 0 Å². The van der Waals surface area contributed by atoms with Crippen LogP contribution in [-0.2, 0) is 12.7 Å². The molecule has 0 aliphatic carbocycles. The highest BCUT2D eigenvalue weighted by Gasteiger charge is 2.30. The van der Waals surface area contributed by atoms with E-state index in [4.69, 9.17) is 0 Å². The van der Waals surface area contributed by atoms with Crippen LogP contribution in [0.1, 0.15) is 37.4 Å². The topological polar surface area (TPSA) is 140 Å². The molecule has 0 saturated heterocycles.